The summed E-state index contributed by atoms with van der Waals surface area (Å²) in [6.45, 7) is 0. The summed E-state index contributed by atoms with van der Waals surface area (Å²) in [5.41, 5.74) is 0.150. The van der Waals surface area contributed by atoms with Gasteiger partial charge in [0.2, 0.25) is 0 Å². The summed E-state index contributed by atoms with van der Waals surface area (Å²) in [6.07, 6.45) is 0. The molecule has 0 fully saturated rings. The van der Waals surface area contributed by atoms with Gasteiger partial charge in [-0.05, 0) is 40.2 Å². The van der Waals surface area contributed by atoms with Crippen LogP contribution in [-0.4, -0.2) is 8.42 Å². The number of anilines is 1. The van der Waals surface area contributed by atoms with Gasteiger partial charge in [-0.25, -0.2) is 21.6 Å². The van der Waals surface area contributed by atoms with E-state index in [1.165, 1.54) is 6.07 Å². The molecular formula is C12H7BrF3NO2S. The Kier molecular flexibility index (Phi) is 4.05. The molecule has 0 bridgehead atoms. The molecule has 0 saturated carbocycles. The lowest BCUT2D eigenvalue weighted by Gasteiger charge is -2.10. The van der Waals surface area contributed by atoms with Crippen LogP contribution < -0.4 is 4.72 Å². The highest BCUT2D eigenvalue weighted by Crippen LogP contribution is 2.26. The van der Waals surface area contributed by atoms with Gasteiger partial charge in [-0.15, -0.1) is 0 Å². The smallest absolute Gasteiger partial charge is 0.264 e. The molecule has 0 aliphatic heterocycles. The van der Waals surface area contributed by atoms with Crippen LogP contribution in [0.2, 0.25) is 0 Å². The summed E-state index contributed by atoms with van der Waals surface area (Å²) >= 11 is 3.11. The molecule has 8 heteroatoms. The Morgan fingerprint density at radius 2 is 1.60 bits per heavy atom. The van der Waals surface area contributed by atoms with Crippen molar-refractivity contribution in [2.24, 2.45) is 0 Å². The van der Waals surface area contributed by atoms with Crippen molar-refractivity contribution in [3.8, 4) is 0 Å². The number of rotatable bonds is 3. The Morgan fingerprint density at radius 1 is 0.950 bits per heavy atom. The van der Waals surface area contributed by atoms with Gasteiger partial charge in [0.1, 0.15) is 4.90 Å². The highest BCUT2D eigenvalue weighted by atomic mass is 79.9. The molecule has 0 amide bonds. The van der Waals surface area contributed by atoms with E-state index in [4.69, 9.17) is 0 Å². The lowest BCUT2D eigenvalue weighted by molar-refractivity contribution is 0.432. The molecule has 0 aliphatic rings. The Balaban J connectivity index is 2.47. The van der Waals surface area contributed by atoms with E-state index in [0.717, 1.165) is 0 Å². The van der Waals surface area contributed by atoms with Gasteiger partial charge < -0.3 is 0 Å². The first-order valence-electron chi connectivity index (χ1n) is 5.24. The standard InChI is InChI=1S/C12H7BrF3NO2S/c13-7-3-1-2-4-9(7)17-20(18,19)10-6-5-8(14)11(15)12(10)16/h1-6,17H. The minimum Gasteiger partial charge on any atom is -0.278 e. The van der Waals surface area contributed by atoms with Crippen LogP contribution in [0.25, 0.3) is 0 Å². The Morgan fingerprint density at radius 3 is 2.25 bits per heavy atom. The maximum Gasteiger partial charge on any atom is 0.264 e. The van der Waals surface area contributed by atoms with Crippen molar-refractivity contribution in [1.82, 2.24) is 0 Å². The fraction of sp³-hybridized carbons (Fsp3) is 0. The fourth-order valence-corrected chi connectivity index (χ4v) is 3.12. The van der Waals surface area contributed by atoms with E-state index in [1.807, 2.05) is 0 Å². The summed E-state index contributed by atoms with van der Waals surface area (Å²) in [4.78, 5) is -0.966. The summed E-state index contributed by atoms with van der Waals surface area (Å²) in [6, 6.07) is 7.42. The minimum absolute atomic E-state index is 0.150. The summed E-state index contributed by atoms with van der Waals surface area (Å²) < 4.78 is 65.9. The summed E-state index contributed by atoms with van der Waals surface area (Å²) in [5.74, 6) is -5.05. The molecule has 0 spiro atoms. The number of sulfonamides is 1. The maximum absolute atomic E-state index is 13.5. The average Bonchev–Trinajstić information content (AvgIpc) is 2.38. The van der Waals surface area contributed by atoms with Crippen molar-refractivity contribution in [2.45, 2.75) is 4.90 Å². The van der Waals surface area contributed by atoms with Gasteiger partial charge in [0.15, 0.2) is 17.5 Å². The maximum atomic E-state index is 13.5. The molecular weight excluding hydrogens is 359 g/mol. The van der Waals surface area contributed by atoms with Crippen LogP contribution >= 0.6 is 15.9 Å². The Labute approximate surface area is 121 Å². The lowest BCUT2D eigenvalue weighted by Crippen LogP contribution is -2.16. The number of hydrogen-bond donors (Lipinski definition) is 1. The summed E-state index contributed by atoms with van der Waals surface area (Å²) in [5, 5.41) is 0. The number of nitrogens with one attached hydrogen (secondary N) is 1. The first-order valence-corrected chi connectivity index (χ1v) is 7.51. The zero-order valence-electron chi connectivity index (χ0n) is 9.70. The van der Waals surface area contributed by atoms with E-state index in [1.54, 1.807) is 18.2 Å². The van der Waals surface area contributed by atoms with E-state index < -0.39 is 32.4 Å². The molecule has 0 saturated heterocycles. The van der Waals surface area contributed by atoms with E-state index >= 15 is 0 Å². The van der Waals surface area contributed by atoms with E-state index in [2.05, 4.69) is 20.7 Å². The zero-order chi connectivity index (χ0) is 14.9. The normalized spacial score (nSPS) is 11.4. The van der Waals surface area contributed by atoms with Gasteiger partial charge >= 0.3 is 0 Å². The van der Waals surface area contributed by atoms with E-state index in [0.29, 0.717) is 16.6 Å². The number of para-hydroxylation sites is 1. The van der Waals surface area contributed by atoms with Gasteiger partial charge in [-0.2, -0.15) is 0 Å². The van der Waals surface area contributed by atoms with E-state index in [-0.39, 0.29) is 5.69 Å². The van der Waals surface area contributed by atoms with Gasteiger partial charge in [0.05, 0.1) is 5.69 Å². The van der Waals surface area contributed by atoms with Crippen LogP contribution in [0, 0.1) is 17.5 Å². The highest BCUT2D eigenvalue weighted by molar-refractivity contribution is 9.10. The third kappa shape index (κ3) is 2.80. The second-order valence-electron chi connectivity index (χ2n) is 3.76. The van der Waals surface area contributed by atoms with Gasteiger partial charge in [0.25, 0.3) is 10.0 Å². The van der Waals surface area contributed by atoms with Crippen LogP contribution in [0.5, 0.6) is 0 Å². The molecule has 20 heavy (non-hydrogen) atoms. The van der Waals surface area contributed by atoms with Gasteiger partial charge in [-0.1, -0.05) is 12.1 Å². The second-order valence-corrected chi connectivity index (χ2v) is 6.26. The Bertz CT molecular complexity index is 765. The largest absolute Gasteiger partial charge is 0.278 e. The Hall–Kier alpha value is -1.54. The SMILES string of the molecule is O=S(=O)(Nc1ccccc1Br)c1ccc(F)c(F)c1F. The molecule has 0 heterocycles. The molecule has 0 aromatic heterocycles. The van der Waals surface area contributed by atoms with Crippen LogP contribution in [0.3, 0.4) is 0 Å². The topological polar surface area (TPSA) is 46.2 Å². The molecule has 106 valence electrons. The van der Waals surface area contributed by atoms with Crippen LogP contribution in [0.4, 0.5) is 18.9 Å². The van der Waals surface area contributed by atoms with Crippen molar-refractivity contribution in [1.29, 1.82) is 0 Å². The monoisotopic (exact) mass is 365 g/mol. The number of benzene rings is 2. The molecule has 2 rings (SSSR count). The van der Waals surface area contributed by atoms with Gasteiger partial charge in [-0.3, -0.25) is 4.72 Å². The lowest BCUT2D eigenvalue weighted by atomic mass is 10.3. The quantitative estimate of drug-likeness (QED) is 0.843. The second kappa shape index (κ2) is 5.45. The third-order valence-corrected chi connectivity index (χ3v) is 4.48. The number of hydrogen-bond acceptors (Lipinski definition) is 2. The summed E-state index contributed by atoms with van der Waals surface area (Å²) in [7, 11) is -4.37. The molecule has 0 atom stereocenters. The predicted octanol–water partition coefficient (Wildman–Crippen LogP) is 3.67. The van der Waals surface area contributed by atoms with Crippen molar-refractivity contribution >= 4 is 31.6 Å². The molecule has 1 N–H and O–H groups in total. The fourth-order valence-electron chi connectivity index (χ4n) is 1.46. The van der Waals surface area contributed by atoms with Crippen molar-refractivity contribution in [3.05, 3.63) is 58.3 Å². The van der Waals surface area contributed by atoms with Crippen LogP contribution in [-0.2, 0) is 10.0 Å². The number of halogens is 4. The minimum atomic E-state index is -4.37. The molecule has 2 aromatic rings. The first-order chi connectivity index (χ1) is 9.33. The zero-order valence-corrected chi connectivity index (χ0v) is 12.1. The molecule has 0 radical (unpaired) electrons. The van der Waals surface area contributed by atoms with Crippen LogP contribution in [0.1, 0.15) is 0 Å². The van der Waals surface area contributed by atoms with Crippen molar-refractivity contribution in [3.63, 3.8) is 0 Å². The molecule has 2 aromatic carbocycles. The van der Waals surface area contributed by atoms with E-state index in [9.17, 15) is 21.6 Å². The first kappa shape index (κ1) is 14.9. The van der Waals surface area contributed by atoms with Crippen molar-refractivity contribution < 1.29 is 21.6 Å². The van der Waals surface area contributed by atoms with Crippen LogP contribution in [0.15, 0.2) is 45.8 Å². The highest BCUT2D eigenvalue weighted by Gasteiger charge is 2.24. The van der Waals surface area contributed by atoms with Gasteiger partial charge in [0, 0.05) is 4.47 Å². The molecule has 0 aliphatic carbocycles. The molecule has 3 nitrogen and oxygen atoms in total. The predicted molar refractivity (Wildman–Crippen MR) is 71.3 cm³/mol. The third-order valence-electron chi connectivity index (χ3n) is 2.41. The average molecular weight is 366 g/mol. The molecule has 0 unspecified atom stereocenters. The van der Waals surface area contributed by atoms with Crippen molar-refractivity contribution in [2.75, 3.05) is 4.72 Å².